The number of benzene rings is 2. The Morgan fingerprint density at radius 1 is 1.17 bits per heavy atom. The van der Waals surface area contributed by atoms with Crippen molar-refractivity contribution in [1.82, 2.24) is 15.3 Å². The van der Waals surface area contributed by atoms with Crippen molar-refractivity contribution in [3.05, 3.63) is 76.3 Å². The van der Waals surface area contributed by atoms with Crippen LogP contribution in [0, 0.1) is 0 Å². The van der Waals surface area contributed by atoms with Gasteiger partial charge in [-0.05, 0) is 42.5 Å². The summed E-state index contributed by atoms with van der Waals surface area (Å²) in [4.78, 5) is 31.5. The SMILES string of the molecule is CC(=O)Nc1cccc2c(=O)[nH]c(CCCC3CC(c4ccccc4)=CCN3)nc12. The summed E-state index contributed by atoms with van der Waals surface area (Å²) >= 11 is 0. The van der Waals surface area contributed by atoms with E-state index in [2.05, 4.69) is 50.9 Å². The van der Waals surface area contributed by atoms with Gasteiger partial charge in [0.1, 0.15) is 11.3 Å². The molecule has 0 saturated heterocycles. The smallest absolute Gasteiger partial charge is 0.258 e. The van der Waals surface area contributed by atoms with E-state index < -0.39 is 0 Å². The van der Waals surface area contributed by atoms with Crippen LogP contribution in [-0.4, -0.2) is 28.5 Å². The van der Waals surface area contributed by atoms with Gasteiger partial charge in [0.2, 0.25) is 5.91 Å². The summed E-state index contributed by atoms with van der Waals surface area (Å²) < 4.78 is 0. The Morgan fingerprint density at radius 2 is 2.00 bits per heavy atom. The fourth-order valence-electron chi connectivity index (χ4n) is 4.00. The van der Waals surface area contributed by atoms with Crippen molar-refractivity contribution in [3.63, 3.8) is 0 Å². The number of amides is 1. The van der Waals surface area contributed by atoms with E-state index in [0.29, 0.717) is 34.9 Å². The normalized spacial score (nSPS) is 16.3. The molecule has 1 atom stereocenters. The molecule has 6 heteroatoms. The minimum absolute atomic E-state index is 0.174. The lowest BCUT2D eigenvalue weighted by molar-refractivity contribution is -0.114. The van der Waals surface area contributed by atoms with E-state index in [1.165, 1.54) is 18.1 Å². The summed E-state index contributed by atoms with van der Waals surface area (Å²) in [5.74, 6) is 0.469. The molecule has 1 aromatic heterocycles. The molecular weight excluding hydrogens is 376 g/mol. The molecule has 0 saturated carbocycles. The van der Waals surface area contributed by atoms with Crippen LogP contribution in [0.25, 0.3) is 16.5 Å². The zero-order chi connectivity index (χ0) is 20.9. The summed E-state index contributed by atoms with van der Waals surface area (Å²) in [6.45, 7) is 2.32. The fourth-order valence-corrected chi connectivity index (χ4v) is 4.00. The molecule has 3 aromatic rings. The Morgan fingerprint density at radius 3 is 2.80 bits per heavy atom. The largest absolute Gasteiger partial charge is 0.324 e. The van der Waals surface area contributed by atoms with Crippen molar-refractivity contribution in [2.45, 2.75) is 38.6 Å². The van der Waals surface area contributed by atoms with E-state index in [1.807, 2.05) is 6.07 Å². The van der Waals surface area contributed by atoms with Crippen LogP contribution in [0.15, 0.2) is 59.4 Å². The summed E-state index contributed by atoms with van der Waals surface area (Å²) in [7, 11) is 0. The van der Waals surface area contributed by atoms with Crippen molar-refractivity contribution in [2.24, 2.45) is 0 Å². The molecule has 0 spiro atoms. The molecule has 1 unspecified atom stereocenters. The molecule has 0 fully saturated rings. The average molecular weight is 402 g/mol. The zero-order valence-electron chi connectivity index (χ0n) is 17.1. The standard InChI is InChI=1S/C24H26N4O2/c1-16(29)26-21-11-6-10-20-23(21)27-22(28-24(20)30)12-5-9-19-15-18(13-14-25-19)17-7-3-2-4-8-17/h2-4,6-8,10-11,13,19,25H,5,9,12,14-15H2,1H3,(H,26,29)(H,27,28,30). The predicted octanol–water partition coefficient (Wildman–Crippen LogP) is 3.65. The number of carbonyl (C=O) groups is 1. The number of aromatic nitrogens is 2. The van der Waals surface area contributed by atoms with Gasteiger partial charge in [-0.15, -0.1) is 0 Å². The lowest BCUT2D eigenvalue weighted by atomic mass is 9.93. The Hall–Kier alpha value is -3.25. The van der Waals surface area contributed by atoms with Gasteiger partial charge in [-0.25, -0.2) is 4.98 Å². The predicted molar refractivity (Wildman–Crippen MR) is 120 cm³/mol. The van der Waals surface area contributed by atoms with Gasteiger partial charge in [0.15, 0.2) is 0 Å². The first-order chi connectivity index (χ1) is 14.6. The lowest BCUT2D eigenvalue weighted by Gasteiger charge is -2.24. The highest BCUT2D eigenvalue weighted by Gasteiger charge is 2.16. The van der Waals surface area contributed by atoms with Gasteiger partial charge in [0.05, 0.1) is 11.1 Å². The third-order valence-corrected chi connectivity index (χ3v) is 5.43. The molecule has 154 valence electrons. The molecule has 1 aliphatic heterocycles. The molecule has 0 aliphatic carbocycles. The molecule has 2 aromatic carbocycles. The third-order valence-electron chi connectivity index (χ3n) is 5.43. The Kier molecular flexibility index (Phi) is 6.05. The van der Waals surface area contributed by atoms with E-state index in [0.717, 1.165) is 25.8 Å². The average Bonchev–Trinajstić information content (AvgIpc) is 2.75. The first-order valence-electron chi connectivity index (χ1n) is 10.4. The van der Waals surface area contributed by atoms with E-state index in [4.69, 9.17) is 0 Å². The fraction of sp³-hybridized carbons (Fsp3) is 0.292. The molecular formula is C24H26N4O2. The number of H-pyrrole nitrogens is 1. The summed E-state index contributed by atoms with van der Waals surface area (Å²) in [5, 5.41) is 6.80. The quantitative estimate of drug-likeness (QED) is 0.587. The third kappa shape index (κ3) is 4.66. The number of aryl methyl sites for hydroxylation is 1. The Bertz CT molecular complexity index is 1130. The van der Waals surface area contributed by atoms with Crippen LogP contribution >= 0.6 is 0 Å². The summed E-state index contributed by atoms with van der Waals surface area (Å²) in [6.07, 6.45) is 5.86. The van der Waals surface area contributed by atoms with E-state index in [1.54, 1.807) is 18.2 Å². The summed E-state index contributed by atoms with van der Waals surface area (Å²) in [5.41, 5.74) is 3.61. The van der Waals surface area contributed by atoms with Crippen molar-refractivity contribution in [2.75, 3.05) is 11.9 Å². The van der Waals surface area contributed by atoms with Crippen molar-refractivity contribution >= 4 is 28.1 Å². The van der Waals surface area contributed by atoms with Crippen LogP contribution in [-0.2, 0) is 11.2 Å². The van der Waals surface area contributed by atoms with E-state index >= 15 is 0 Å². The van der Waals surface area contributed by atoms with Gasteiger partial charge in [0.25, 0.3) is 5.56 Å². The number of hydrogen-bond donors (Lipinski definition) is 3. The van der Waals surface area contributed by atoms with Crippen LogP contribution in [0.3, 0.4) is 0 Å². The first-order valence-corrected chi connectivity index (χ1v) is 10.4. The minimum Gasteiger partial charge on any atom is -0.324 e. The molecule has 0 bridgehead atoms. The highest BCUT2D eigenvalue weighted by Crippen LogP contribution is 2.24. The van der Waals surface area contributed by atoms with Gasteiger partial charge < -0.3 is 15.6 Å². The number of para-hydroxylation sites is 1. The molecule has 1 amide bonds. The molecule has 6 nitrogen and oxygen atoms in total. The topological polar surface area (TPSA) is 86.9 Å². The molecule has 4 rings (SSSR count). The first kappa shape index (κ1) is 20.0. The van der Waals surface area contributed by atoms with Gasteiger partial charge in [-0.2, -0.15) is 0 Å². The van der Waals surface area contributed by atoms with Gasteiger partial charge in [-0.1, -0.05) is 42.5 Å². The van der Waals surface area contributed by atoms with Crippen LogP contribution < -0.4 is 16.2 Å². The number of nitrogens with one attached hydrogen (secondary N) is 3. The zero-order valence-corrected chi connectivity index (χ0v) is 17.1. The lowest BCUT2D eigenvalue weighted by Crippen LogP contribution is -2.33. The Balaban J connectivity index is 1.42. The van der Waals surface area contributed by atoms with Crippen LogP contribution in [0.5, 0.6) is 0 Å². The molecule has 1 aliphatic rings. The Labute approximate surface area is 175 Å². The number of hydrogen-bond acceptors (Lipinski definition) is 4. The molecule has 2 heterocycles. The van der Waals surface area contributed by atoms with Gasteiger partial charge in [0, 0.05) is 25.9 Å². The number of anilines is 1. The number of nitrogens with zero attached hydrogens (tertiary/aromatic N) is 1. The number of fused-ring (bicyclic) bond motifs is 1. The highest BCUT2D eigenvalue weighted by atomic mass is 16.1. The molecule has 0 radical (unpaired) electrons. The number of rotatable bonds is 6. The second-order valence-corrected chi connectivity index (χ2v) is 7.69. The maximum Gasteiger partial charge on any atom is 0.258 e. The van der Waals surface area contributed by atoms with Gasteiger partial charge >= 0.3 is 0 Å². The minimum atomic E-state index is -0.184. The van der Waals surface area contributed by atoms with Crippen LogP contribution in [0.4, 0.5) is 5.69 Å². The van der Waals surface area contributed by atoms with Crippen LogP contribution in [0.1, 0.15) is 37.6 Å². The summed E-state index contributed by atoms with van der Waals surface area (Å²) in [6, 6.07) is 16.1. The second kappa shape index (κ2) is 9.05. The van der Waals surface area contributed by atoms with Crippen molar-refractivity contribution in [1.29, 1.82) is 0 Å². The van der Waals surface area contributed by atoms with Gasteiger partial charge in [-0.3, -0.25) is 9.59 Å². The molecule has 3 N–H and O–H groups in total. The van der Waals surface area contributed by atoms with E-state index in [-0.39, 0.29) is 11.5 Å². The number of aromatic amines is 1. The number of carbonyl (C=O) groups excluding carboxylic acids is 1. The molecule has 30 heavy (non-hydrogen) atoms. The maximum atomic E-state index is 12.5. The monoisotopic (exact) mass is 402 g/mol. The van der Waals surface area contributed by atoms with Crippen molar-refractivity contribution in [3.8, 4) is 0 Å². The van der Waals surface area contributed by atoms with Crippen molar-refractivity contribution < 1.29 is 4.79 Å². The van der Waals surface area contributed by atoms with E-state index in [9.17, 15) is 9.59 Å². The maximum absolute atomic E-state index is 12.5. The van der Waals surface area contributed by atoms with Crippen LogP contribution in [0.2, 0.25) is 0 Å². The highest BCUT2D eigenvalue weighted by molar-refractivity contribution is 5.99. The second-order valence-electron chi connectivity index (χ2n) is 7.69.